The Morgan fingerprint density at radius 1 is 0.971 bits per heavy atom. The first-order chi connectivity index (χ1) is 15.9. The fourth-order valence-corrected chi connectivity index (χ4v) is 4.59. The SMILES string of the molecule is C[C@@H](OC[C@@]1(c2ccccc2)C[C@@H]2NC(O)NC2CN1)c1cc(C(F)(F)F)cc(C(F)(F)F)c1. The van der Waals surface area contributed by atoms with Gasteiger partial charge in [-0.05, 0) is 42.7 Å². The van der Waals surface area contributed by atoms with E-state index in [0.29, 0.717) is 25.1 Å². The molecule has 186 valence electrons. The predicted octanol–water partition coefficient (Wildman–Crippen LogP) is 3.90. The standard InChI is InChI=1S/C23H25F6N3O2/c1-13(14-7-16(22(24,25)26)9-17(8-14)23(27,28)29)34-12-21(15-5-3-2-4-6-15)10-18-19(11-30-21)32-20(33)31-18/h2-9,13,18-20,30-33H,10-12H2,1H3/t13-,18+,19?,20?,21-/m1/s1. The molecule has 0 amide bonds. The van der Waals surface area contributed by atoms with Crippen molar-refractivity contribution in [3.63, 3.8) is 0 Å². The number of aliphatic hydroxyl groups excluding tert-OH is 1. The molecule has 0 saturated carbocycles. The van der Waals surface area contributed by atoms with Gasteiger partial charge in [-0.2, -0.15) is 26.3 Å². The molecule has 0 bridgehead atoms. The van der Waals surface area contributed by atoms with Gasteiger partial charge in [-0.25, -0.2) is 0 Å². The first-order valence-electron chi connectivity index (χ1n) is 10.8. The van der Waals surface area contributed by atoms with Gasteiger partial charge in [0.2, 0.25) is 0 Å². The zero-order chi connectivity index (χ0) is 24.7. The van der Waals surface area contributed by atoms with E-state index in [2.05, 4.69) is 16.0 Å². The van der Waals surface area contributed by atoms with Crippen molar-refractivity contribution in [2.24, 2.45) is 0 Å². The third kappa shape index (κ3) is 5.23. The van der Waals surface area contributed by atoms with Crippen molar-refractivity contribution in [1.29, 1.82) is 0 Å². The van der Waals surface area contributed by atoms with Crippen molar-refractivity contribution in [3.05, 3.63) is 70.8 Å². The highest BCUT2D eigenvalue weighted by molar-refractivity contribution is 5.35. The first-order valence-corrected chi connectivity index (χ1v) is 10.8. The molecule has 0 aliphatic carbocycles. The molecule has 11 heteroatoms. The predicted molar refractivity (Wildman–Crippen MR) is 111 cm³/mol. The second kappa shape index (κ2) is 9.12. The minimum absolute atomic E-state index is 0.00320. The molecule has 2 fully saturated rings. The van der Waals surface area contributed by atoms with E-state index < -0.39 is 41.5 Å². The molecule has 4 N–H and O–H groups in total. The molecule has 2 aromatic rings. The Morgan fingerprint density at radius 3 is 2.15 bits per heavy atom. The van der Waals surface area contributed by atoms with Crippen LogP contribution in [0, 0.1) is 0 Å². The highest BCUT2D eigenvalue weighted by Gasteiger charge is 2.46. The van der Waals surface area contributed by atoms with E-state index in [0.717, 1.165) is 5.56 Å². The molecular formula is C23H25F6N3O2. The number of fused-ring (bicyclic) bond motifs is 1. The molecule has 4 rings (SSSR count). The maximum Gasteiger partial charge on any atom is 0.416 e. The van der Waals surface area contributed by atoms with E-state index in [1.165, 1.54) is 6.92 Å². The summed E-state index contributed by atoms with van der Waals surface area (Å²) in [5.74, 6) is 0. The molecule has 5 atom stereocenters. The number of nitrogens with one attached hydrogen (secondary N) is 3. The number of hydrogen-bond donors (Lipinski definition) is 4. The van der Waals surface area contributed by atoms with E-state index in [1.807, 2.05) is 30.3 Å². The molecule has 2 heterocycles. The maximum atomic E-state index is 13.3. The molecule has 2 aliphatic heterocycles. The Balaban J connectivity index is 1.60. The summed E-state index contributed by atoms with van der Waals surface area (Å²) < 4.78 is 85.5. The molecule has 0 spiro atoms. The fraction of sp³-hybridized carbons (Fsp3) is 0.478. The molecular weight excluding hydrogens is 464 g/mol. The molecule has 34 heavy (non-hydrogen) atoms. The molecule has 5 nitrogen and oxygen atoms in total. The van der Waals surface area contributed by atoms with Gasteiger partial charge in [0.25, 0.3) is 0 Å². The van der Waals surface area contributed by atoms with Crippen LogP contribution in [0.2, 0.25) is 0 Å². The first kappa shape index (κ1) is 24.9. The molecule has 2 saturated heterocycles. The van der Waals surface area contributed by atoms with Crippen molar-refractivity contribution in [1.82, 2.24) is 16.0 Å². The molecule has 0 aromatic heterocycles. The number of halogens is 6. The van der Waals surface area contributed by atoms with Gasteiger partial charge in [-0.3, -0.25) is 10.6 Å². The van der Waals surface area contributed by atoms with Crippen LogP contribution in [0.25, 0.3) is 0 Å². The summed E-state index contributed by atoms with van der Waals surface area (Å²) in [5.41, 5.74) is -2.86. The Kier molecular flexibility index (Phi) is 6.69. The van der Waals surface area contributed by atoms with Gasteiger partial charge < -0.3 is 15.2 Å². The summed E-state index contributed by atoms with van der Waals surface area (Å²) >= 11 is 0. The second-order valence-electron chi connectivity index (χ2n) is 8.77. The number of rotatable bonds is 5. The quantitative estimate of drug-likeness (QED) is 0.480. The highest BCUT2D eigenvalue weighted by Crippen LogP contribution is 2.39. The van der Waals surface area contributed by atoms with Gasteiger partial charge in [0.05, 0.1) is 29.4 Å². The highest BCUT2D eigenvalue weighted by atomic mass is 19.4. The molecule has 2 unspecified atom stereocenters. The summed E-state index contributed by atoms with van der Waals surface area (Å²) in [5, 5.41) is 19.4. The molecule has 0 radical (unpaired) electrons. The van der Waals surface area contributed by atoms with Crippen molar-refractivity contribution >= 4 is 0 Å². The lowest BCUT2D eigenvalue weighted by Crippen LogP contribution is -2.60. The smallest absolute Gasteiger partial charge is 0.372 e. The van der Waals surface area contributed by atoms with Gasteiger partial charge in [-0.15, -0.1) is 0 Å². The van der Waals surface area contributed by atoms with Crippen LogP contribution in [0.3, 0.4) is 0 Å². The molecule has 2 aliphatic rings. The van der Waals surface area contributed by atoms with E-state index >= 15 is 0 Å². The largest absolute Gasteiger partial charge is 0.416 e. The average molecular weight is 489 g/mol. The van der Waals surface area contributed by atoms with Gasteiger partial charge in [0.15, 0.2) is 6.35 Å². The summed E-state index contributed by atoms with van der Waals surface area (Å²) in [6.45, 7) is 1.90. The number of alkyl halides is 6. The van der Waals surface area contributed by atoms with Crippen LogP contribution in [0.5, 0.6) is 0 Å². The van der Waals surface area contributed by atoms with Crippen molar-refractivity contribution in [2.45, 2.75) is 55.8 Å². The summed E-state index contributed by atoms with van der Waals surface area (Å²) in [6, 6.07) is 10.6. The third-order valence-corrected chi connectivity index (χ3v) is 6.44. The van der Waals surface area contributed by atoms with E-state index in [-0.39, 0.29) is 30.3 Å². The van der Waals surface area contributed by atoms with Crippen LogP contribution in [-0.4, -0.2) is 36.7 Å². The maximum absolute atomic E-state index is 13.3. The van der Waals surface area contributed by atoms with Gasteiger partial charge in [0, 0.05) is 18.6 Å². The van der Waals surface area contributed by atoms with Crippen LogP contribution >= 0.6 is 0 Å². The monoisotopic (exact) mass is 489 g/mol. The van der Waals surface area contributed by atoms with Crippen LogP contribution in [-0.2, 0) is 22.6 Å². The minimum Gasteiger partial charge on any atom is -0.372 e. The third-order valence-electron chi connectivity index (χ3n) is 6.44. The van der Waals surface area contributed by atoms with Crippen LogP contribution < -0.4 is 16.0 Å². The van der Waals surface area contributed by atoms with Crippen molar-refractivity contribution in [3.8, 4) is 0 Å². The minimum atomic E-state index is -4.93. The summed E-state index contributed by atoms with van der Waals surface area (Å²) in [6.07, 6.45) is -11.3. The lowest BCUT2D eigenvalue weighted by molar-refractivity contribution is -0.143. The topological polar surface area (TPSA) is 65.5 Å². The number of hydrogen-bond acceptors (Lipinski definition) is 5. The zero-order valence-corrected chi connectivity index (χ0v) is 18.2. The van der Waals surface area contributed by atoms with E-state index in [1.54, 1.807) is 0 Å². The Morgan fingerprint density at radius 2 is 1.56 bits per heavy atom. The fourth-order valence-electron chi connectivity index (χ4n) is 4.59. The van der Waals surface area contributed by atoms with Gasteiger partial charge in [0.1, 0.15) is 0 Å². The summed E-state index contributed by atoms with van der Waals surface area (Å²) in [7, 11) is 0. The van der Waals surface area contributed by atoms with Gasteiger partial charge >= 0.3 is 12.4 Å². The van der Waals surface area contributed by atoms with E-state index in [4.69, 9.17) is 4.74 Å². The lowest BCUT2D eigenvalue weighted by Gasteiger charge is -2.44. The number of piperidine rings is 1. The molecule has 2 aromatic carbocycles. The lowest BCUT2D eigenvalue weighted by atomic mass is 9.79. The van der Waals surface area contributed by atoms with Crippen LogP contribution in [0.4, 0.5) is 26.3 Å². The Bertz CT molecular complexity index is 968. The average Bonchev–Trinajstić information content (AvgIpc) is 3.15. The van der Waals surface area contributed by atoms with E-state index in [9.17, 15) is 31.4 Å². The Labute approximate surface area is 192 Å². The Hall–Kier alpha value is -2.18. The second-order valence-corrected chi connectivity index (χ2v) is 8.77. The van der Waals surface area contributed by atoms with Crippen LogP contribution in [0.1, 0.15) is 41.7 Å². The number of benzene rings is 2. The van der Waals surface area contributed by atoms with Gasteiger partial charge in [-0.1, -0.05) is 30.3 Å². The summed E-state index contributed by atoms with van der Waals surface area (Å²) in [4.78, 5) is 0. The number of ether oxygens (including phenoxy) is 1. The zero-order valence-electron chi connectivity index (χ0n) is 18.2. The number of aliphatic hydroxyl groups is 1. The van der Waals surface area contributed by atoms with Crippen molar-refractivity contribution in [2.75, 3.05) is 13.2 Å². The normalized spacial score (nSPS) is 28.5. The van der Waals surface area contributed by atoms with Crippen LogP contribution in [0.15, 0.2) is 48.5 Å². The van der Waals surface area contributed by atoms with Crippen molar-refractivity contribution < 1.29 is 36.2 Å².